The smallest absolute Gasteiger partial charge is 0.179 e. The van der Waals surface area contributed by atoms with Crippen LogP contribution in [-0.2, 0) is 0 Å². The largest absolute Gasteiger partial charge is 0.493 e. The predicted octanol–water partition coefficient (Wildman–Crippen LogP) is 1.30. The van der Waals surface area contributed by atoms with E-state index in [0.717, 1.165) is 24.3 Å². The van der Waals surface area contributed by atoms with E-state index in [1.807, 2.05) is 6.07 Å². The van der Waals surface area contributed by atoms with Gasteiger partial charge < -0.3 is 15.2 Å². The monoisotopic (exact) mass is 208 g/mol. The average molecular weight is 208 g/mol. The van der Waals surface area contributed by atoms with Crippen molar-refractivity contribution in [2.75, 3.05) is 14.2 Å². The molecule has 0 saturated heterocycles. The highest BCUT2D eigenvalue weighted by molar-refractivity contribution is 5.40. The lowest BCUT2D eigenvalue weighted by Crippen LogP contribution is -2.37. The number of pyridine rings is 1. The lowest BCUT2D eigenvalue weighted by Gasteiger charge is -2.33. The second-order valence-electron chi connectivity index (χ2n) is 3.81. The van der Waals surface area contributed by atoms with Gasteiger partial charge in [0.15, 0.2) is 11.5 Å². The number of hydrogen-bond donors (Lipinski definition) is 1. The van der Waals surface area contributed by atoms with E-state index in [1.54, 1.807) is 20.4 Å². The van der Waals surface area contributed by atoms with Gasteiger partial charge >= 0.3 is 0 Å². The van der Waals surface area contributed by atoms with E-state index >= 15 is 0 Å². The first kappa shape index (κ1) is 10.2. The molecule has 0 bridgehead atoms. The van der Waals surface area contributed by atoms with Gasteiger partial charge in [0.05, 0.1) is 20.4 Å². The van der Waals surface area contributed by atoms with E-state index < -0.39 is 0 Å². The third kappa shape index (κ3) is 1.77. The molecule has 0 aromatic carbocycles. The maximum Gasteiger partial charge on any atom is 0.179 e. The Hall–Kier alpha value is -1.29. The van der Waals surface area contributed by atoms with Gasteiger partial charge in [0, 0.05) is 23.7 Å². The molecule has 1 aliphatic rings. The van der Waals surface area contributed by atoms with Crippen molar-refractivity contribution in [1.82, 2.24) is 4.98 Å². The Morgan fingerprint density at radius 2 is 2.00 bits per heavy atom. The molecule has 2 N–H and O–H groups in total. The predicted molar refractivity (Wildman–Crippen MR) is 57.3 cm³/mol. The standard InChI is InChI=1S/C11H16N2O2/c1-14-10-5-9(7-3-4-8(7)12)13-6-11(10)15-2/h5-8H,3-4,12H2,1-2H3. The number of aromatic nitrogens is 1. The summed E-state index contributed by atoms with van der Waals surface area (Å²) < 4.78 is 10.4. The Bertz CT molecular complexity index is 354. The van der Waals surface area contributed by atoms with Crippen LogP contribution >= 0.6 is 0 Å². The highest BCUT2D eigenvalue weighted by atomic mass is 16.5. The molecule has 1 aliphatic carbocycles. The van der Waals surface area contributed by atoms with Crippen LogP contribution in [0.5, 0.6) is 11.5 Å². The zero-order chi connectivity index (χ0) is 10.8. The zero-order valence-corrected chi connectivity index (χ0v) is 9.06. The Kier molecular flexibility index (Phi) is 2.77. The van der Waals surface area contributed by atoms with Gasteiger partial charge in [0.1, 0.15) is 0 Å². The number of rotatable bonds is 3. The summed E-state index contributed by atoms with van der Waals surface area (Å²) in [5.41, 5.74) is 6.91. The molecule has 0 spiro atoms. The quantitative estimate of drug-likeness (QED) is 0.813. The van der Waals surface area contributed by atoms with Crippen molar-refractivity contribution in [3.63, 3.8) is 0 Å². The summed E-state index contributed by atoms with van der Waals surface area (Å²) >= 11 is 0. The van der Waals surface area contributed by atoms with Gasteiger partial charge in [-0.2, -0.15) is 0 Å². The maximum absolute atomic E-state index is 5.90. The van der Waals surface area contributed by atoms with E-state index in [0.29, 0.717) is 11.7 Å². The molecule has 2 atom stereocenters. The van der Waals surface area contributed by atoms with E-state index in [1.165, 1.54) is 0 Å². The summed E-state index contributed by atoms with van der Waals surface area (Å²) in [6.45, 7) is 0. The SMILES string of the molecule is COc1cnc(C2CCC2N)cc1OC. The Morgan fingerprint density at radius 1 is 1.27 bits per heavy atom. The molecule has 1 heterocycles. The van der Waals surface area contributed by atoms with Crippen molar-refractivity contribution in [3.8, 4) is 11.5 Å². The van der Waals surface area contributed by atoms with Crippen molar-refractivity contribution < 1.29 is 9.47 Å². The van der Waals surface area contributed by atoms with Crippen LogP contribution in [0.15, 0.2) is 12.3 Å². The summed E-state index contributed by atoms with van der Waals surface area (Å²) in [6, 6.07) is 2.17. The highest BCUT2D eigenvalue weighted by Gasteiger charge is 2.30. The fraction of sp³-hybridized carbons (Fsp3) is 0.545. The van der Waals surface area contributed by atoms with Crippen LogP contribution in [0.2, 0.25) is 0 Å². The number of nitrogens with two attached hydrogens (primary N) is 1. The molecule has 15 heavy (non-hydrogen) atoms. The highest BCUT2D eigenvalue weighted by Crippen LogP contribution is 2.37. The van der Waals surface area contributed by atoms with E-state index in [9.17, 15) is 0 Å². The van der Waals surface area contributed by atoms with Crippen LogP contribution in [-0.4, -0.2) is 25.2 Å². The summed E-state index contributed by atoms with van der Waals surface area (Å²) in [7, 11) is 3.23. The van der Waals surface area contributed by atoms with Crippen molar-refractivity contribution in [3.05, 3.63) is 18.0 Å². The molecule has 0 radical (unpaired) electrons. The molecule has 4 nitrogen and oxygen atoms in total. The number of methoxy groups -OCH3 is 2. The number of hydrogen-bond acceptors (Lipinski definition) is 4. The zero-order valence-electron chi connectivity index (χ0n) is 9.06. The number of nitrogens with zero attached hydrogens (tertiary/aromatic N) is 1. The first-order chi connectivity index (χ1) is 7.26. The molecule has 1 aromatic heterocycles. The van der Waals surface area contributed by atoms with Gasteiger partial charge in [0.2, 0.25) is 0 Å². The van der Waals surface area contributed by atoms with E-state index in [-0.39, 0.29) is 6.04 Å². The third-order valence-corrected chi connectivity index (χ3v) is 3.00. The average Bonchev–Trinajstić information content (AvgIpc) is 2.26. The molecule has 1 aromatic rings. The molecule has 1 fully saturated rings. The summed E-state index contributed by atoms with van der Waals surface area (Å²) in [6.07, 6.45) is 3.89. The van der Waals surface area contributed by atoms with Crippen molar-refractivity contribution >= 4 is 0 Å². The first-order valence-corrected chi connectivity index (χ1v) is 5.09. The first-order valence-electron chi connectivity index (χ1n) is 5.09. The van der Waals surface area contributed by atoms with Crippen LogP contribution in [0, 0.1) is 0 Å². The molecular formula is C11H16N2O2. The fourth-order valence-electron chi connectivity index (χ4n) is 1.85. The van der Waals surface area contributed by atoms with E-state index in [4.69, 9.17) is 15.2 Å². The Morgan fingerprint density at radius 3 is 2.47 bits per heavy atom. The number of ether oxygens (including phenoxy) is 2. The molecule has 1 saturated carbocycles. The summed E-state index contributed by atoms with van der Waals surface area (Å²) in [4.78, 5) is 4.35. The van der Waals surface area contributed by atoms with Crippen LogP contribution in [0.3, 0.4) is 0 Å². The van der Waals surface area contributed by atoms with Crippen molar-refractivity contribution in [1.29, 1.82) is 0 Å². The lowest BCUT2D eigenvalue weighted by atomic mass is 9.78. The normalized spacial score (nSPS) is 24.5. The van der Waals surface area contributed by atoms with Crippen LogP contribution in [0.1, 0.15) is 24.5 Å². The van der Waals surface area contributed by atoms with Crippen LogP contribution in [0.4, 0.5) is 0 Å². The minimum atomic E-state index is 0.246. The Labute approximate surface area is 89.4 Å². The van der Waals surface area contributed by atoms with Crippen molar-refractivity contribution in [2.24, 2.45) is 5.73 Å². The third-order valence-electron chi connectivity index (χ3n) is 3.00. The fourth-order valence-corrected chi connectivity index (χ4v) is 1.85. The lowest BCUT2D eigenvalue weighted by molar-refractivity contribution is 0.329. The molecular weight excluding hydrogens is 192 g/mol. The molecule has 0 aliphatic heterocycles. The van der Waals surface area contributed by atoms with Crippen LogP contribution < -0.4 is 15.2 Å². The molecule has 4 heteroatoms. The molecule has 2 rings (SSSR count). The minimum Gasteiger partial charge on any atom is -0.493 e. The second kappa shape index (κ2) is 4.06. The van der Waals surface area contributed by atoms with Crippen LogP contribution in [0.25, 0.3) is 0 Å². The second-order valence-corrected chi connectivity index (χ2v) is 3.81. The summed E-state index contributed by atoms with van der Waals surface area (Å²) in [5, 5.41) is 0. The van der Waals surface area contributed by atoms with Gasteiger partial charge in [-0.15, -0.1) is 0 Å². The topological polar surface area (TPSA) is 57.4 Å². The van der Waals surface area contributed by atoms with Gasteiger partial charge in [-0.3, -0.25) is 4.98 Å². The van der Waals surface area contributed by atoms with Gasteiger partial charge in [0.25, 0.3) is 0 Å². The molecule has 82 valence electrons. The van der Waals surface area contributed by atoms with Gasteiger partial charge in [-0.05, 0) is 12.8 Å². The molecule has 2 unspecified atom stereocenters. The summed E-state index contributed by atoms with van der Waals surface area (Å²) in [5.74, 6) is 1.76. The van der Waals surface area contributed by atoms with Gasteiger partial charge in [-0.1, -0.05) is 0 Å². The molecule has 0 amide bonds. The van der Waals surface area contributed by atoms with Gasteiger partial charge in [-0.25, -0.2) is 0 Å². The Balaban J connectivity index is 2.26. The maximum atomic E-state index is 5.90. The van der Waals surface area contributed by atoms with E-state index in [2.05, 4.69) is 4.98 Å². The van der Waals surface area contributed by atoms with Crippen molar-refractivity contribution in [2.45, 2.75) is 24.8 Å². The minimum absolute atomic E-state index is 0.246.